The van der Waals surface area contributed by atoms with E-state index in [0.29, 0.717) is 6.04 Å². The number of nitrogen functional groups attached to an aromatic ring is 1. The van der Waals surface area contributed by atoms with Crippen LogP contribution in [0.15, 0.2) is 24.8 Å². The van der Waals surface area contributed by atoms with Crippen LogP contribution in [0.3, 0.4) is 0 Å². The van der Waals surface area contributed by atoms with Crippen LogP contribution in [0.2, 0.25) is 0 Å². The van der Waals surface area contributed by atoms with Gasteiger partial charge in [-0.05, 0) is 50.1 Å². The second-order valence-electron chi connectivity index (χ2n) is 3.91. The molecule has 0 amide bonds. The standard InChI is InChI=1S/C12H18N2/c1-8(2)14-10(4)11-5-9(3)6-12(13)7-11/h5-8,14H,4,13H2,1-3H3. The predicted octanol–water partition coefficient (Wildman–Crippen LogP) is 2.55. The zero-order valence-corrected chi connectivity index (χ0v) is 9.09. The summed E-state index contributed by atoms with van der Waals surface area (Å²) < 4.78 is 0. The molecule has 2 nitrogen and oxygen atoms in total. The molecule has 14 heavy (non-hydrogen) atoms. The van der Waals surface area contributed by atoms with Gasteiger partial charge in [0, 0.05) is 17.4 Å². The van der Waals surface area contributed by atoms with Gasteiger partial charge in [-0.15, -0.1) is 0 Å². The molecule has 0 aliphatic rings. The lowest BCUT2D eigenvalue weighted by Gasteiger charge is -2.14. The topological polar surface area (TPSA) is 38.0 Å². The summed E-state index contributed by atoms with van der Waals surface area (Å²) in [6, 6.07) is 6.36. The Bertz CT molecular complexity index is 320. The first-order chi connectivity index (χ1) is 6.49. The normalized spacial score (nSPS) is 10.3. The largest absolute Gasteiger partial charge is 0.399 e. The summed E-state index contributed by atoms with van der Waals surface area (Å²) >= 11 is 0. The Morgan fingerprint density at radius 1 is 1.36 bits per heavy atom. The van der Waals surface area contributed by atoms with Gasteiger partial charge < -0.3 is 11.1 Å². The minimum atomic E-state index is 0.393. The fourth-order valence-corrected chi connectivity index (χ4v) is 1.42. The van der Waals surface area contributed by atoms with Crippen LogP contribution in [-0.2, 0) is 0 Å². The van der Waals surface area contributed by atoms with Gasteiger partial charge in [-0.25, -0.2) is 0 Å². The van der Waals surface area contributed by atoms with E-state index in [0.717, 1.165) is 22.5 Å². The van der Waals surface area contributed by atoms with Crippen molar-refractivity contribution in [1.29, 1.82) is 0 Å². The summed E-state index contributed by atoms with van der Waals surface area (Å²) in [5.41, 5.74) is 9.69. The Morgan fingerprint density at radius 3 is 2.50 bits per heavy atom. The van der Waals surface area contributed by atoms with Crippen molar-refractivity contribution < 1.29 is 0 Å². The Morgan fingerprint density at radius 2 is 2.00 bits per heavy atom. The number of aryl methyl sites for hydroxylation is 1. The van der Waals surface area contributed by atoms with Crippen LogP contribution in [-0.4, -0.2) is 6.04 Å². The van der Waals surface area contributed by atoms with Crippen LogP contribution in [0.25, 0.3) is 5.70 Å². The summed E-state index contributed by atoms with van der Waals surface area (Å²) in [6.45, 7) is 10.2. The first-order valence-corrected chi connectivity index (χ1v) is 4.82. The van der Waals surface area contributed by atoms with Crippen molar-refractivity contribution in [3.05, 3.63) is 35.9 Å². The van der Waals surface area contributed by atoms with Gasteiger partial charge in [0.05, 0.1) is 0 Å². The van der Waals surface area contributed by atoms with Gasteiger partial charge in [-0.3, -0.25) is 0 Å². The van der Waals surface area contributed by atoms with Gasteiger partial charge in [0.15, 0.2) is 0 Å². The Kier molecular flexibility index (Phi) is 3.18. The number of hydrogen-bond acceptors (Lipinski definition) is 2. The van der Waals surface area contributed by atoms with Crippen molar-refractivity contribution in [2.45, 2.75) is 26.8 Å². The predicted molar refractivity (Wildman–Crippen MR) is 62.9 cm³/mol. The van der Waals surface area contributed by atoms with E-state index in [-0.39, 0.29) is 0 Å². The molecule has 2 heteroatoms. The molecule has 0 aromatic heterocycles. The SMILES string of the molecule is C=C(NC(C)C)c1cc(C)cc(N)c1. The van der Waals surface area contributed by atoms with Crippen LogP contribution in [0.5, 0.6) is 0 Å². The van der Waals surface area contributed by atoms with E-state index in [2.05, 4.69) is 31.8 Å². The number of anilines is 1. The molecule has 1 rings (SSSR count). The van der Waals surface area contributed by atoms with Crippen molar-refractivity contribution in [2.75, 3.05) is 5.73 Å². The van der Waals surface area contributed by atoms with Crippen molar-refractivity contribution >= 4 is 11.4 Å². The minimum Gasteiger partial charge on any atom is -0.399 e. The summed E-state index contributed by atoms with van der Waals surface area (Å²) in [5, 5.41) is 3.26. The zero-order valence-electron chi connectivity index (χ0n) is 9.09. The highest BCUT2D eigenvalue weighted by Crippen LogP contribution is 2.16. The van der Waals surface area contributed by atoms with Crippen LogP contribution < -0.4 is 11.1 Å². The molecule has 0 atom stereocenters. The maximum absolute atomic E-state index is 5.76. The molecular weight excluding hydrogens is 172 g/mol. The van der Waals surface area contributed by atoms with Crippen LogP contribution in [0, 0.1) is 6.92 Å². The van der Waals surface area contributed by atoms with Crippen LogP contribution in [0.1, 0.15) is 25.0 Å². The molecule has 0 fully saturated rings. The molecule has 0 radical (unpaired) electrons. The van der Waals surface area contributed by atoms with Gasteiger partial charge >= 0.3 is 0 Å². The highest BCUT2D eigenvalue weighted by Gasteiger charge is 2.01. The Hall–Kier alpha value is -1.44. The lowest BCUT2D eigenvalue weighted by molar-refractivity contribution is 0.718. The molecule has 0 unspecified atom stereocenters. The third kappa shape index (κ3) is 2.80. The lowest BCUT2D eigenvalue weighted by atomic mass is 10.1. The molecule has 1 aromatic carbocycles. The number of nitrogens with two attached hydrogens (primary N) is 1. The molecule has 0 saturated carbocycles. The fourth-order valence-electron chi connectivity index (χ4n) is 1.42. The summed E-state index contributed by atoms with van der Waals surface area (Å²) in [5.74, 6) is 0. The van der Waals surface area contributed by atoms with E-state index < -0.39 is 0 Å². The van der Waals surface area contributed by atoms with E-state index in [1.54, 1.807) is 0 Å². The van der Waals surface area contributed by atoms with Gasteiger partial charge in [-0.2, -0.15) is 0 Å². The Labute approximate surface area is 85.8 Å². The second kappa shape index (κ2) is 4.18. The maximum Gasteiger partial charge on any atom is 0.0343 e. The monoisotopic (exact) mass is 190 g/mol. The molecule has 0 spiro atoms. The molecule has 0 aliphatic heterocycles. The van der Waals surface area contributed by atoms with Crippen molar-refractivity contribution in [2.24, 2.45) is 0 Å². The van der Waals surface area contributed by atoms with Gasteiger partial charge in [-0.1, -0.05) is 6.58 Å². The van der Waals surface area contributed by atoms with Gasteiger partial charge in [0.25, 0.3) is 0 Å². The van der Waals surface area contributed by atoms with Crippen molar-refractivity contribution in [1.82, 2.24) is 5.32 Å². The third-order valence-corrected chi connectivity index (χ3v) is 1.91. The Balaban J connectivity index is 2.90. The molecular formula is C12H18N2. The molecule has 0 saturated heterocycles. The van der Waals surface area contributed by atoms with Crippen molar-refractivity contribution in [3.8, 4) is 0 Å². The quantitative estimate of drug-likeness (QED) is 0.719. The number of hydrogen-bond donors (Lipinski definition) is 2. The van der Waals surface area contributed by atoms with Crippen LogP contribution in [0.4, 0.5) is 5.69 Å². The molecule has 0 bridgehead atoms. The zero-order chi connectivity index (χ0) is 10.7. The number of rotatable bonds is 3. The maximum atomic E-state index is 5.76. The summed E-state index contributed by atoms with van der Waals surface area (Å²) in [7, 11) is 0. The van der Waals surface area contributed by atoms with E-state index >= 15 is 0 Å². The number of nitrogens with one attached hydrogen (secondary N) is 1. The average molecular weight is 190 g/mol. The fraction of sp³-hybridized carbons (Fsp3) is 0.333. The first kappa shape index (κ1) is 10.6. The lowest BCUT2D eigenvalue weighted by Crippen LogP contribution is -2.20. The highest BCUT2D eigenvalue weighted by atomic mass is 14.9. The molecule has 0 heterocycles. The molecule has 0 aliphatic carbocycles. The summed E-state index contributed by atoms with van der Waals surface area (Å²) in [4.78, 5) is 0. The van der Waals surface area contributed by atoms with Gasteiger partial charge in [0.1, 0.15) is 0 Å². The second-order valence-corrected chi connectivity index (χ2v) is 3.91. The first-order valence-electron chi connectivity index (χ1n) is 4.82. The smallest absolute Gasteiger partial charge is 0.0343 e. The molecule has 3 N–H and O–H groups in total. The molecule has 76 valence electrons. The molecule has 1 aromatic rings. The average Bonchev–Trinajstić information content (AvgIpc) is 2.00. The van der Waals surface area contributed by atoms with E-state index in [1.165, 1.54) is 0 Å². The van der Waals surface area contributed by atoms with E-state index in [1.807, 2.05) is 19.1 Å². The van der Waals surface area contributed by atoms with Crippen LogP contribution >= 0.6 is 0 Å². The van der Waals surface area contributed by atoms with Gasteiger partial charge in [0.2, 0.25) is 0 Å². The number of benzene rings is 1. The third-order valence-electron chi connectivity index (χ3n) is 1.91. The highest BCUT2D eigenvalue weighted by molar-refractivity contribution is 5.66. The van der Waals surface area contributed by atoms with E-state index in [9.17, 15) is 0 Å². The summed E-state index contributed by atoms with van der Waals surface area (Å²) in [6.07, 6.45) is 0. The minimum absolute atomic E-state index is 0.393. The van der Waals surface area contributed by atoms with E-state index in [4.69, 9.17) is 5.73 Å². The van der Waals surface area contributed by atoms with Crippen molar-refractivity contribution in [3.63, 3.8) is 0 Å².